The van der Waals surface area contributed by atoms with Crippen LogP contribution in [0.3, 0.4) is 0 Å². The smallest absolute Gasteiger partial charge is 0.247 e. The van der Waals surface area contributed by atoms with Gasteiger partial charge in [-0.25, -0.2) is 9.67 Å². The number of hydrogen-bond donors (Lipinski definition) is 1. The fourth-order valence-electron chi connectivity index (χ4n) is 2.91. The third kappa shape index (κ3) is 3.41. The SMILES string of the molecule is CC(=O)N1CCCC[C@H]1C(=O)Nc1ccc(-n2cncn2)c(Cl)c1. The molecule has 0 radical (unpaired) electrons. The number of piperidine rings is 1. The summed E-state index contributed by atoms with van der Waals surface area (Å²) in [5, 5.41) is 7.33. The van der Waals surface area contributed by atoms with Gasteiger partial charge in [-0.2, -0.15) is 5.10 Å². The quantitative estimate of drug-likeness (QED) is 0.923. The number of aromatic nitrogens is 3. The van der Waals surface area contributed by atoms with Gasteiger partial charge in [-0.3, -0.25) is 9.59 Å². The molecule has 1 aliphatic rings. The molecule has 0 spiro atoms. The second-order valence-corrected chi connectivity index (χ2v) is 6.13. The largest absolute Gasteiger partial charge is 0.331 e. The van der Waals surface area contributed by atoms with Crippen molar-refractivity contribution in [3.05, 3.63) is 35.9 Å². The van der Waals surface area contributed by atoms with Gasteiger partial charge >= 0.3 is 0 Å². The van der Waals surface area contributed by atoms with Crippen LogP contribution in [-0.2, 0) is 9.59 Å². The Morgan fingerprint density at radius 2 is 2.17 bits per heavy atom. The fourth-order valence-corrected chi connectivity index (χ4v) is 3.18. The summed E-state index contributed by atoms with van der Waals surface area (Å²) in [5.41, 5.74) is 1.26. The first-order chi connectivity index (χ1) is 11.6. The zero-order valence-corrected chi connectivity index (χ0v) is 14.0. The average Bonchev–Trinajstić information content (AvgIpc) is 3.09. The van der Waals surface area contributed by atoms with Crippen LogP contribution >= 0.6 is 11.6 Å². The van der Waals surface area contributed by atoms with Crippen LogP contribution in [-0.4, -0.2) is 44.1 Å². The molecule has 1 atom stereocenters. The molecule has 1 saturated heterocycles. The predicted molar refractivity (Wildman–Crippen MR) is 90.0 cm³/mol. The van der Waals surface area contributed by atoms with Gasteiger partial charge in [-0.15, -0.1) is 0 Å². The van der Waals surface area contributed by atoms with Crippen molar-refractivity contribution in [3.8, 4) is 5.69 Å². The number of carbonyl (C=O) groups is 2. The van der Waals surface area contributed by atoms with Crippen LogP contribution in [0.15, 0.2) is 30.9 Å². The van der Waals surface area contributed by atoms with Crippen LogP contribution < -0.4 is 5.32 Å². The predicted octanol–water partition coefficient (Wildman–Crippen LogP) is 2.26. The molecule has 1 aromatic heterocycles. The van der Waals surface area contributed by atoms with Crippen LogP contribution in [0.2, 0.25) is 5.02 Å². The summed E-state index contributed by atoms with van der Waals surface area (Å²) in [5.74, 6) is -0.260. The van der Waals surface area contributed by atoms with Gasteiger partial charge in [0.15, 0.2) is 0 Å². The van der Waals surface area contributed by atoms with Crippen molar-refractivity contribution < 1.29 is 9.59 Å². The third-order valence-corrected chi connectivity index (χ3v) is 4.39. The molecule has 1 aromatic carbocycles. The maximum absolute atomic E-state index is 12.5. The molecule has 0 unspecified atom stereocenters. The lowest BCUT2D eigenvalue weighted by Crippen LogP contribution is -2.49. The van der Waals surface area contributed by atoms with Crippen molar-refractivity contribution in [3.63, 3.8) is 0 Å². The number of halogens is 1. The Labute approximate surface area is 144 Å². The van der Waals surface area contributed by atoms with Gasteiger partial charge in [-0.05, 0) is 37.5 Å². The molecule has 24 heavy (non-hydrogen) atoms. The number of hydrogen-bond acceptors (Lipinski definition) is 4. The van der Waals surface area contributed by atoms with E-state index in [0.717, 1.165) is 12.8 Å². The van der Waals surface area contributed by atoms with Crippen LogP contribution in [0, 0.1) is 0 Å². The summed E-state index contributed by atoms with van der Waals surface area (Å²) in [4.78, 5) is 29.7. The first-order valence-corrected chi connectivity index (χ1v) is 8.16. The van der Waals surface area contributed by atoms with Gasteiger partial charge in [0, 0.05) is 19.2 Å². The first-order valence-electron chi connectivity index (χ1n) is 7.79. The van der Waals surface area contributed by atoms with E-state index < -0.39 is 6.04 Å². The zero-order valence-electron chi connectivity index (χ0n) is 13.3. The van der Waals surface area contributed by atoms with Crippen LogP contribution in [0.1, 0.15) is 26.2 Å². The van der Waals surface area contributed by atoms with Gasteiger partial charge in [0.25, 0.3) is 0 Å². The van der Waals surface area contributed by atoms with Crippen molar-refractivity contribution in [1.82, 2.24) is 19.7 Å². The summed E-state index contributed by atoms with van der Waals surface area (Å²) < 4.78 is 1.55. The fraction of sp³-hybridized carbons (Fsp3) is 0.375. The third-order valence-electron chi connectivity index (χ3n) is 4.09. The molecule has 0 aliphatic carbocycles. The van der Waals surface area contributed by atoms with Gasteiger partial charge in [0.05, 0.1) is 10.7 Å². The number of anilines is 1. The average molecular weight is 348 g/mol. The molecule has 8 heteroatoms. The summed E-state index contributed by atoms with van der Waals surface area (Å²) in [7, 11) is 0. The topological polar surface area (TPSA) is 80.1 Å². The summed E-state index contributed by atoms with van der Waals surface area (Å²) in [6.07, 6.45) is 5.52. The maximum Gasteiger partial charge on any atom is 0.247 e. The Balaban J connectivity index is 1.74. The Kier molecular flexibility index (Phi) is 4.80. The first kappa shape index (κ1) is 16.4. The number of amides is 2. The number of benzene rings is 1. The van der Waals surface area contributed by atoms with Crippen molar-refractivity contribution in [2.75, 3.05) is 11.9 Å². The second-order valence-electron chi connectivity index (χ2n) is 5.72. The van der Waals surface area contributed by atoms with E-state index in [1.54, 1.807) is 34.1 Å². The summed E-state index contributed by atoms with van der Waals surface area (Å²) in [6.45, 7) is 2.12. The highest BCUT2D eigenvalue weighted by Gasteiger charge is 2.30. The Hall–Kier alpha value is -2.41. The van der Waals surface area contributed by atoms with Gasteiger partial charge in [0.2, 0.25) is 11.8 Å². The molecule has 0 bridgehead atoms. The van der Waals surface area contributed by atoms with Crippen molar-refractivity contribution in [1.29, 1.82) is 0 Å². The van der Waals surface area contributed by atoms with E-state index in [2.05, 4.69) is 15.4 Å². The van der Waals surface area contributed by atoms with Gasteiger partial charge in [-0.1, -0.05) is 11.6 Å². The minimum absolute atomic E-state index is 0.0746. The van der Waals surface area contributed by atoms with E-state index >= 15 is 0 Å². The Morgan fingerprint density at radius 3 is 2.83 bits per heavy atom. The molecule has 3 rings (SSSR count). The molecular weight excluding hydrogens is 330 g/mol. The molecule has 1 fully saturated rings. The van der Waals surface area contributed by atoms with Crippen LogP contribution in [0.5, 0.6) is 0 Å². The highest BCUT2D eigenvalue weighted by atomic mass is 35.5. The normalized spacial score (nSPS) is 17.6. The molecule has 126 valence electrons. The van der Waals surface area contributed by atoms with Crippen molar-refractivity contribution in [2.45, 2.75) is 32.2 Å². The van der Waals surface area contributed by atoms with E-state index in [1.165, 1.54) is 13.3 Å². The van der Waals surface area contributed by atoms with Crippen molar-refractivity contribution >= 4 is 29.1 Å². The molecule has 0 saturated carbocycles. The second kappa shape index (κ2) is 7.00. The molecule has 2 aromatic rings. The van der Waals surface area contributed by atoms with E-state index in [0.29, 0.717) is 29.4 Å². The Morgan fingerprint density at radius 1 is 1.33 bits per heavy atom. The number of likely N-dealkylation sites (tertiary alicyclic amines) is 1. The zero-order chi connectivity index (χ0) is 17.1. The number of carbonyl (C=O) groups excluding carboxylic acids is 2. The number of nitrogens with zero attached hydrogens (tertiary/aromatic N) is 4. The standard InChI is InChI=1S/C16H18ClN5O2/c1-11(23)21-7-3-2-4-15(21)16(24)20-12-5-6-14(13(17)8-12)22-10-18-9-19-22/h5-6,8-10,15H,2-4,7H2,1H3,(H,20,24)/t15-/m0/s1. The summed E-state index contributed by atoms with van der Waals surface area (Å²) in [6, 6.07) is 4.75. The summed E-state index contributed by atoms with van der Waals surface area (Å²) >= 11 is 6.26. The molecule has 2 heterocycles. The molecule has 1 aliphatic heterocycles. The lowest BCUT2D eigenvalue weighted by atomic mass is 10.0. The van der Waals surface area contributed by atoms with E-state index in [4.69, 9.17) is 11.6 Å². The minimum Gasteiger partial charge on any atom is -0.331 e. The van der Waals surface area contributed by atoms with Crippen molar-refractivity contribution in [2.24, 2.45) is 0 Å². The van der Waals surface area contributed by atoms with E-state index in [9.17, 15) is 9.59 Å². The van der Waals surface area contributed by atoms with Crippen LogP contribution in [0.25, 0.3) is 5.69 Å². The van der Waals surface area contributed by atoms with E-state index in [1.807, 2.05) is 0 Å². The molecule has 7 nitrogen and oxygen atoms in total. The minimum atomic E-state index is -0.426. The highest BCUT2D eigenvalue weighted by molar-refractivity contribution is 6.32. The van der Waals surface area contributed by atoms with E-state index in [-0.39, 0.29) is 11.8 Å². The Bertz CT molecular complexity index is 747. The number of rotatable bonds is 3. The lowest BCUT2D eigenvalue weighted by Gasteiger charge is -2.33. The highest BCUT2D eigenvalue weighted by Crippen LogP contribution is 2.25. The molecule has 1 N–H and O–H groups in total. The monoisotopic (exact) mass is 347 g/mol. The maximum atomic E-state index is 12.5. The lowest BCUT2D eigenvalue weighted by molar-refractivity contribution is -0.138. The molecule has 2 amide bonds. The van der Waals surface area contributed by atoms with Gasteiger partial charge < -0.3 is 10.2 Å². The van der Waals surface area contributed by atoms with Crippen LogP contribution in [0.4, 0.5) is 5.69 Å². The van der Waals surface area contributed by atoms with Gasteiger partial charge in [0.1, 0.15) is 18.7 Å². The molecular formula is C16H18ClN5O2. The number of nitrogens with one attached hydrogen (secondary N) is 1.